The molecule has 0 N–H and O–H groups in total. The molecule has 0 spiro atoms. The number of aliphatic imine (C=N–C) groups is 1. The lowest BCUT2D eigenvalue weighted by Crippen LogP contribution is -2.64. The number of amides is 3. The zero-order chi connectivity index (χ0) is 17.6. The topological polar surface area (TPSA) is 56.2 Å². The summed E-state index contributed by atoms with van der Waals surface area (Å²) in [5.74, 6) is 0.455. The average Bonchev–Trinajstić information content (AvgIpc) is 3.07. The van der Waals surface area contributed by atoms with Crippen molar-refractivity contribution in [3.63, 3.8) is 0 Å². The van der Waals surface area contributed by atoms with Gasteiger partial charge in [-0.3, -0.25) is 9.69 Å². The van der Waals surface area contributed by atoms with E-state index < -0.39 is 12.2 Å². The summed E-state index contributed by atoms with van der Waals surface area (Å²) < 4.78 is 0. The highest BCUT2D eigenvalue weighted by atomic mass is 16.2. The predicted molar refractivity (Wildman–Crippen MR) is 95.4 cm³/mol. The van der Waals surface area contributed by atoms with Gasteiger partial charge in [-0.1, -0.05) is 48.5 Å². The van der Waals surface area contributed by atoms with Gasteiger partial charge in [-0.25, -0.2) is 9.79 Å². The highest BCUT2D eigenvalue weighted by Crippen LogP contribution is 2.33. The zero-order valence-electron chi connectivity index (χ0n) is 14.0. The van der Waals surface area contributed by atoms with Crippen molar-refractivity contribution in [3.05, 3.63) is 66.2 Å². The van der Waals surface area contributed by atoms with Gasteiger partial charge in [0.15, 0.2) is 12.2 Å². The molecular formula is C19H18N4O2. The molecule has 4 rings (SSSR count). The number of urea groups is 1. The van der Waals surface area contributed by atoms with E-state index in [2.05, 4.69) is 0 Å². The Morgan fingerprint density at radius 3 is 2.12 bits per heavy atom. The third-order valence-electron chi connectivity index (χ3n) is 4.68. The van der Waals surface area contributed by atoms with Crippen LogP contribution in [0.5, 0.6) is 0 Å². The molecule has 6 nitrogen and oxygen atoms in total. The fraction of sp³-hybridized carbons (Fsp3) is 0.211. The second kappa shape index (κ2) is 5.73. The van der Waals surface area contributed by atoms with Crippen LogP contribution in [0.2, 0.25) is 0 Å². The Hall–Kier alpha value is -3.15. The van der Waals surface area contributed by atoms with Gasteiger partial charge in [0.2, 0.25) is 0 Å². The first kappa shape index (κ1) is 15.4. The summed E-state index contributed by atoms with van der Waals surface area (Å²) in [6.07, 6.45) is -0.536. The molecule has 2 heterocycles. The summed E-state index contributed by atoms with van der Waals surface area (Å²) in [4.78, 5) is 34.6. The first-order chi connectivity index (χ1) is 12.1. The molecule has 6 heteroatoms. The maximum Gasteiger partial charge on any atom is 0.328 e. The van der Waals surface area contributed by atoms with Crippen molar-refractivity contribution in [1.82, 2.24) is 9.80 Å². The molecule has 2 aliphatic rings. The van der Waals surface area contributed by atoms with Crippen LogP contribution in [0.4, 0.5) is 10.5 Å². The first-order valence-electron chi connectivity index (χ1n) is 8.11. The Labute approximate surface area is 146 Å². The number of benzene rings is 2. The summed E-state index contributed by atoms with van der Waals surface area (Å²) in [7, 11) is 3.20. The van der Waals surface area contributed by atoms with Crippen LogP contribution in [0.25, 0.3) is 0 Å². The third kappa shape index (κ3) is 2.29. The second-order valence-corrected chi connectivity index (χ2v) is 6.17. The Balaban J connectivity index is 1.87. The van der Waals surface area contributed by atoms with Gasteiger partial charge in [-0.05, 0) is 12.1 Å². The molecule has 2 atom stereocenters. The molecular weight excluding hydrogens is 316 g/mol. The summed E-state index contributed by atoms with van der Waals surface area (Å²) >= 11 is 0. The Morgan fingerprint density at radius 1 is 0.880 bits per heavy atom. The minimum Gasteiger partial charge on any atom is -0.309 e. The highest BCUT2D eigenvalue weighted by molar-refractivity contribution is 6.17. The van der Waals surface area contributed by atoms with Crippen LogP contribution in [-0.2, 0) is 4.79 Å². The van der Waals surface area contributed by atoms with E-state index in [9.17, 15) is 9.59 Å². The molecule has 0 bridgehead atoms. The van der Waals surface area contributed by atoms with Crippen LogP contribution in [-0.4, -0.2) is 53.9 Å². The molecule has 1 saturated heterocycles. The number of carbonyl (C=O) groups is 2. The molecule has 0 aromatic heterocycles. The number of para-hydroxylation sites is 1. The van der Waals surface area contributed by atoms with E-state index in [0.29, 0.717) is 5.84 Å². The molecule has 0 aliphatic carbocycles. The van der Waals surface area contributed by atoms with Crippen LogP contribution < -0.4 is 4.90 Å². The predicted octanol–water partition coefficient (Wildman–Crippen LogP) is 2.17. The molecule has 1 fully saturated rings. The maximum absolute atomic E-state index is 12.9. The van der Waals surface area contributed by atoms with Gasteiger partial charge in [0.25, 0.3) is 5.91 Å². The van der Waals surface area contributed by atoms with E-state index >= 15 is 0 Å². The maximum atomic E-state index is 12.9. The molecule has 0 radical (unpaired) electrons. The summed E-state index contributed by atoms with van der Waals surface area (Å²) in [5.41, 5.74) is 1.79. The van der Waals surface area contributed by atoms with Crippen LogP contribution in [0.3, 0.4) is 0 Å². The number of anilines is 1. The van der Waals surface area contributed by atoms with E-state index in [4.69, 9.17) is 4.99 Å². The second-order valence-electron chi connectivity index (χ2n) is 6.17. The number of hydrogen-bond donors (Lipinski definition) is 0. The van der Waals surface area contributed by atoms with Crippen LogP contribution >= 0.6 is 0 Å². The van der Waals surface area contributed by atoms with Crippen molar-refractivity contribution in [2.75, 3.05) is 19.0 Å². The quantitative estimate of drug-likeness (QED) is 0.846. The summed E-state index contributed by atoms with van der Waals surface area (Å²) in [6.45, 7) is 0. The van der Waals surface area contributed by atoms with E-state index in [1.54, 1.807) is 7.05 Å². The summed E-state index contributed by atoms with van der Waals surface area (Å²) in [6, 6.07) is 18.5. The van der Waals surface area contributed by atoms with Gasteiger partial charge >= 0.3 is 6.03 Å². The normalized spacial score (nSPS) is 23.0. The standard InChI is InChI=1S/C19H18N4O2/c1-21-17-15(18(24)22(2)19(21)25)23(14-11-7-4-8-12-14)16(20-17)13-9-5-3-6-10-13/h3-12,15,17H,1-2H3. The van der Waals surface area contributed by atoms with Crippen LogP contribution in [0.1, 0.15) is 5.56 Å². The SMILES string of the molecule is CN1C(=O)C2C(N=C(c3ccccc3)N2c2ccccc2)N(C)C1=O. The smallest absolute Gasteiger partial charge is 0.309 e. The number of hydrogen-bond acceptors (Lipinski definition) is 4. The Kier molecular flexibility index (Phi) is 3.53. The van der Waals surface area contributed by atoms with Crippen molar-refractivity contribution >= 4 is 23.5 Å². The van der Waals surface area contributed by atoms with Crippen LogP contribution in [0.15, 0.2) is 65.7 Å². The average molecular weight is 334 g/mol. The molecule has 3 amide bonds. The number of rotatable bonds is 2. The lowest BCUT2D eigenvalue weighted by Gasteiger charge is -2.40. The Morgan fingerprint density at radius 2 is 1.48 bits per heavy atom. The molecule has 0 saturated carbocycles. The van der Waals surface area contributed by atoms with Crippen molar-refractivity contribution in [2.45, 2.75) is 12.2 Å². The van der Waals surface area contributed by atoms with Crippen molar-refractivity contribution in [2.24, 2.45) is 4.99 Å². The number of likely N-dealkylation sites (N-methyl/N-ethyl adjacent to an activating group) is 2. The zero-order valence-corrected chi connectivity index (χ0v) is 14.0. The van der Waals surface area contributed by atoms with Gasteiger partial charge in [-0.2, -0.15) is 0 Å². The van der Waals surface area contributed by atoms with E-state index in [-0.39, 0.29) is 11.9 Å². The summed E-state index contributed by atoms with van der Waals surface area (Å²) in [5, 5.41) is 0. The van der Waals surface area contributed by atoms with Crippen molar-refractivity contribution in [1.29, 1.82) is 0 Å². The van der Waals surface area contributed by atoms with Gasteiger partial charge in [0.05, 0.1) is 0 Å². The third-order valence-corrected chi connectivity index (χ3v) is 4.68. The monoisotopic (exact) mass is 334 g/mol. The van der Waals surface area contributed by atoms with Gasteiger partial charge < -0.3 is 9.80 Å². The molecule has 2 unspecified atom stereocenters. The lowest BCUT2D eigenvalue weighted by atomic mass is 10.1. The number of amidine groups is 1. The fourth-order valence-corrected chi connectivity index (χ4v) is 3.37. The number of fused-ring (bicyclic) bond motifs is 1. The Bertz CT molecular complexity index is 850. The molecule has 2 aromatic rings. The van der Waals surface area contributed by atoms with Crippen molar-refractivity contribution < 1.29 is 9.59 Å². The minimum absolute atomic E-state index is 0.244. The molecule has 2 aliphatic heterocycles. The van der Waals surface area contributed by atoms with Crippen molar-refractivity contribution in [3.8, 4) is 0 Å². The van der Waals surface area contributed by atoms with Gasteiger partial charge in [0.1, 0.15) is 5.84 Å². The van der Waals surface area contributed by atoms with E-state index in [0.717, 1.165) is 11.3 Å². The molecule has 2 aromatic carbocycles. The fourth-order valence-electron chi connectivity index (χ4n) is 3.37. The minimum atomic E-state index is -0.565. The largest absolute Gasteiger partial charge is 0.328 e. The highest BCUT2D eigenvalue weighted by Gasteiger charge is 2.51. The van der Waals surface area contributed by atoms with E-state index in [1.807, 2.05) is 65.6 Å². The first-order valence-corrected chi connectivity index (χ1v) is 8.11. The number of carbonyl (C=O) groups excluding carboxylic acids is 2. The molecule has 126 valence electrons. The van der Waals surface area contributed by atoms with Gasteiger partial charge in [-0.15, -0.1) is 0 Å². The molecule has 25 heavy (non-hydrogen) atoms. The number of imide groups is 1. The number of nitrogens with zero attached hydrogens (tertiary/aromatic N) is 4. The van der Waals surface area contributed by atoms with E-state index in [1.165, 1.54) is 16.8 Å². The van der Waals surface area contributed by atoms with Crippen LogP contribution in [0, 0.1) is 0 Å². The lowest BCUT2D eigenvalue weighted by molar-refractivity contribution is -0.132. The van der Waals surface area contributed by atoms with Gasteiger partial charge in [0, 0.05) is 25.3 Å².